The Bertz CT molecular complexity index is 951. The molecule has 0 radical (unpaired) electrons. The molecule has 5 nitrogen and oxygen atoms in total. The van der Waals surface area contributed by atoms with E-state index in [-0.39, 0.29) is 6.42 Å². The van der Waals surface area contributed by atoms with Crippen molar-refractivity contribution in [3.63, 3.8) is 0 Å². The summed E-state index contributed by atoms with van der Waals surface area (Å²) < 4.78 is 0. The highest BCUT2D eigenvalue weighted by atomic mass is 35.5. The zero-order valence-electron chi connectivity index (χ0n) is 13.5. The van der Waals surface area contributed by atoms with E-state index in [1.54, 1.807) is 30.5 Å². The van der Waals surface area contributed by atoms with E-state index in [1.165, 1.54) is 0 Å². The van der Waals surface area contributed by atoms with Crippen molar-refractivity contribution < 1.29 is 9.59 Å². The van der Waals surface area contributed by atoms with E-state index in [9.17, 15) is 9.59 Å². The van der Waals surface area contributed by atoms with Crippen LogP contribution in [0.5, 0.6) is 0 Å². The van der Waals surface area contributed by atoms with Crippen LogP contribution in [0.25, 0.3) is 10.9 Å². The van der Waals surface area contributed by atoms with Gasteiger partial charge in [0.25, 0.3) is 0 Å². The van der Waals surface area contributed by atoms with Crippen LogP contribution in [0.1, 0.15) is 12.0 Å². The van der Waals surface area contributed by atoms with Gasteiger partial charge in [0.15, 0.2) is 0 Å². The smallest absolute Gasteiger partial charge is 0.233 e. The molecule has 6 heteroatoms. The van der Waals surface area contributed by atoms with E-state index >= 15 is 0 Å². The maximum absolute atomic E-state index is 12.2. The second kappa shape index (κ2) is 7.32. The summed E-state index contributed by atoms with van der Waals surface area (Å²) in [5.74, 6) is -0.814. The van der Waals surface area contributed by atoms with E-state index in [1.807, 2.05) is 31.2 Å². The number of para-hydroxylation sites is 1. The van der Waals surface area contributed by atoms with Gasteiger partial charge in [0.05, 0.1) is 11.2 Å². The lowest BCUT2D eigenvalue weighted by Crippen LogP contribution is -2.22. The topological polar surface area (TPSA) is 71.1 Å². The summed E-state index contributed by atoms with van der Waals surface area (Å²) in [5, 5.41) is 6.88. The number of rotatable bonds is 4. The molecule has 0 aliphatic rings. The van der Waals surface area contributed by atoms with Crippen LogP contribution >= 0.6 is 11.6 Å². The molecule has 1 aromatic heterocycles. The highest BCUT2D eigenvalue weighted by Crippen LogP contribution is 2.22. The van der Waals surface area contributed by atoms with Crippen molar-refractivity contribution in [3.05, 3.63) is 65.3 Å². The minimum atomic E-state index is -0.407. The Balaban J connectivity index is 1.67. The van der Waals surface area contributed by atoms with Crippen LogP contribution in [0, 0.1) is 6.92 Å². The fourth-order valence-corrected chi connectivity index (χ4v) is 2.64. The average molecular weight is 354 g/mol. The van der Waals surface area contributed by atoms with Crippen LogP contribution in [0.3, 0.4) is 0 Å². The number of hydrogen-bond acceptors (Lipinski definition) is 3. The normalized spacial score (nSPS) is 10.5. The predicted molar refractivity (Wildman–Crippen MR) is 99.8 cm³/mol. The van der Waals surface area contributed by atoms with Gasteiger partial charge in [-0.2, -0.15) is 0 Å². The Morgan fingerprint density at radius 3 is 2.52 bits per heavy atom. The number of anilines is 2. The molecule has 0 unspecified atom stereocenters. The molecule has 0 aliphatic heterocycles. The molecule has 25 heavy (non-hydrogen) atoms. The van der Waals surface area contributed by atoms with Crippen molar-refractivity contribution >= 4 is 45.7 Å². The molecule has 1 heterocycles. The molecule has 0 aliphatic carbocycles. The molecule has 2 aromatic carbocycles. The fraction of sp³-hybridized carbons (Fsp3) is 0.105. The molecule has 0 fully saturated rings. The average Bonchev–Trinajstić information content (AvgIpc) is 2.58. The quantitative estimate of drug-likeness (QED) is 0.692. The Kier molecular flexibility index (Phi) is 4.95. The molecule has 126 valence electrons. The van der Waals surface area contributed by atoms with Crippen molar-refractivity contribution in [2.75, 3.05) is 10.6 Å². The highest BCUT2D eigenvalue weighted by molar-refractivity contribution is 6.31. The summed E-state index contributed by atoms with van der Waals surface area (Å²) in [4.78, 5) is 28.6. The van der Waals surface area contributed by atoms with Crippen LogP contribution in [-0.4, -0.2) is 16.8 Å². The van der Waals surface area contributed by atoms with E-state index < -0.39 is 11.8 Å². The van der Waals surface area contributed by atoms with Gasteiger partial charge in [0, 0.05) is 22.3 Å². The lowest BCUT2D eigenvalue weighted by atomic mass is 10.2. The fourth-order valence-electron chi connectivity index (χ4n) is 2.47. The zero-order chi connectivity index (χ0) is 17.8. The molecule has 2 amide bonds. The Morgan fingerprint density at radius 1 is 1.00 bits per heavy atom. The number of aromatic nitrogens is 1. The monoisotopic (exact) mass is 353 g/mol. The van der Waals surface area contributed by atoms with Crippen LogP contribution in [0.4, 0.5) is 11.4 Å². The molecule has 2 N–H and O–H groups in total. The van der Waals surface area contributed by atoms with E-state index in [0.29, 0.717) is 21.9 Å². The van der Waals surface area contributed by atoms with Gasteiger partial charge in [-0.1, -0.05) is 35.9 Å². The molecule has 0 spiro atoms. The number of nitrogens with zero attached hydrogens (tertiary/aromatic N) is 1. The zero-order valence-corrected chi connectivity index (χ0v) is 14.3. The summed E-state index contributed by atoms with van der Waals surface area (Å²) in [6.07, 6.45) is 1.36. The van der Waals surface area contributed by atoms with E-state index in [2.05, 4.69) is 15.6 Å². The maximum Gasteiger partial charge on any atom is 0.233 e. The van der Waals surface area contributed by atoms with Crippen molar-refractivity contribution in [2.45, 2.75) is 13.3 Å². The predicted octanol–water partition coefficient (Wildman–Crippen LogP) is 4.16. The van der Waals surface area contributed by atoms with Crippen LogP contribution in [0.15, 0.2) is 54.7 Å². The van der Waals surface area contributed by atoms with Crippen LogP contribution in [0.2, 0.25) is 5.02 Å². The molecule has 3 rings (SSSR count). The Labute approximate surface area is 150 Å². The van der Waals surface area contributed by atoms with Crippen LogP contribution < -0.4 is 10.6 Å². The maximum atomic E-state index is 12.2. The third-order valence-electron chi connectivity index (χ3n) is 3.70. The van der Waals surface area contributed by atoms with Gasteiger partial charge in [-0.05, 0) is 36.8 Å². The van der Waals surface area contributed by atoms with Gasteiger partial charge in [-0.3, -0.25) is 14.6 Å². The van der Waals surface area contributed by atoms with Crippen molar-refractivity contribution in [1.82, 2.24) is 4.98 Å². The number of hydrogen-bond donors (Lipinski definition) is 2. The van der Waals surface area contributed by atoms with Crippen molar-refractivity contribution in [1.29, 1.82) is 0 Å². The van der Waals surface area contributed by atoms with Gasteiger partial charge in [0.1, 0.15) is 6.42 Å². The number of nitrogens with one attached hydrogen (secondary N) is 2. The number of aryl methyl sites for hydroxylation is 1. The third-order valence-corrected chi connectivity index (χ3v) is 3.94. The largest absolute Gasteiger partial charge is 0.325 e. The molecule has 0 saturated carbocycles. The summed E-state index contributed by atoms with van der Waals surface area (Å²) in [6, 6.07) is 14.4. The first-order valence-corrected chi connectivity index (χ1v) is 8.10. The number of benzene rings is 2. The van der Waals surface area contributed by atoms with Crippen molar-refractivity contribution in [3.8, 4) is 0 Å². The lowest BCUT2D eigenvalue weighted by molar-refractivity contribution is -0.123. The van der Waals surface area contributed by atoms with Gasteiger partial charge in [-0.25, -0.2) is 0 Å². The number of carbonyl (C=O) groups is 2. The number of fused-ring (bicyclic) bond motifs is 1. The summed E-state index contributed by atoms with van der Waals surface area (Å²) in [5.41, 5.74) is 2.73. The Hall–Kier alpha value is -2.92. The minimum absolute atomic E-state index is 0.296. The second-order valence-electron chi connectivity index (χ2n) is 5.61. The molecular weight excluding hydrogens is 338 g/mol. The molecular formula is C19H16ClN3O2. The van der Waals surface area contributed by atoms with Gasteiger partial charge in [-0.15, -0.1) is 0 Å². The first kappa shape index (κ1) is 16.9. The second-order valence-corrected chi connectivity index (χ2v) is 6.05. The first-order chi connectivity index (χ1) is 12.0. The molecule has 0 saturated heterocycles. The molecule has 0 bridgehead atoms. The van der Waals surface area contributed by atoms with Crippen molar-refractivity contribution in [2.24, 2.45) is 0 Å². The minimum Gasteiger partial charge on any atom is -0.325 e. The van der Waals surface area contributed by atoms with Gasteiger partial charge < -0.3 is 10.6 Å². The van der Waals surface area contributed by atoms with Gasteiger partial charge in [0.2, 0.25) is 11.8 Å². The lowest BCUT2D eigenvalue weighted by Gasteiger charge is -2.10. The number of carbonyl (C=O) groups excluding carboxylic acids is 2. The standard InChI is InChI=1S/C19H16ClN3O2/c1-12-7-8-14(20)10-16(12)23-18(25)11-17(24)22-15-6-2-4-13-5-3-9-21-19(13)15/h2-10H,11H2,1H3,(H,22,24)(H,23,25). The summed E-state index contributed by atoms with van der Waals surface area (Å²) in [6.45, 7) is 1.85. The van der Waals surface area contributed by atoms with E-state index in [4.69, 9.17) is 11.6 Å². The Morgan fingerprint density at radius 2 is 1.72 bits per heavy atom. The van der Waals surface area contributed by atoms with Crippen LogP contribution in [-0.2, 0) is 9.59 Å². The highest BCUT2D eigenvalue weighted by Gasteiger charge is 2.13. The molecule has 3 aromatic rings. The third kappa shape index (κ3) is 4.14. The number of amides is 2. The van der Waals surface area contributed by atoms with Gasteiger partial charge >= 0.3 is 0 Å². The summed E-state index contributed by atoms with van der Waals surface area (Å²) >= 11 is 5.93. The summed E-state index contributed by atoms with van der Waals surface area (Å²) in [7, 11) is 0. The molecule has 0 atom stereocenters. The van der Waals surface area contributed by atoms with E-state index in [0.717, 1.165) is 10.9 Å². The number of halogens is 1. The SMILES string of the molecule is Cc1ccc(Cl)cc1NC(=O)CC(=O)Nc1cccc2cccnc12. The number of pyridine rings is 1. The first-order valence-electron chi connectivity index (χ1n) is 7.72.